The van der Waals surface area contributed by atoms with Gasteiger partial charge in [-0.3, -0.25) is 0 Å². The molecule has 0 atom stereocenters. The zero-order valence-corrected chi connectivity index (χ0v) is 22.9. The van der Waals surface area contributed by atoms with Crippen LogP contribution in [0.3, 0.4) is 0 Å². The first kappa shape index (κ1) is 29.4. The second kappa shape index (κ2) is 12.8. The van der Waals surface area contributed by atoms with Crippen molar-refractivity contribution in [3.63, 3.8) is 0 Å². The van der Waals surface area contributed by atoms with Crippen LogP contribution in [0.5, 0.6) is 11.8 Å². The van der Waals surface area contributed by atoms with Crippen molar-refractivity contribution < 1.29 is 42.8 Å². The first-order valence-electron chi connectivity index (χ1n) is 13.2. The predicted octanol–water partition coefficient (Wildman–Crippen LogP) is 6.59. The highest BCUT2D eigenvalue weighted by Gasteiger charge is 2.20. The second-order valence-electron chi connectivity index (χ2n) is 9.64. The molecule has 5 aromatic rings. The average Bonchev–Trinajstić information content (AvgIpc) is 3.38. The lowest BCUT2D eigenvalue weighted by atomic mass is 9.98. The number of H-pyrrole nitrogens is 1. The molecule has 0 aliphatic heterocycles. The molecule has 220 valence electrons. The normalized spacial score (nSPS) is 11.1. The third-order valence-electron chi connectivity index (χ3n) is 6.63. The van der Waals surface area contributed by atoms with E-state index < -0.39 is 23.6 Å². The Kier molecular flexibility index (Phi) is 8.74. The van der Waals surface area contributed by atoms with Crippen LogP contribution in [0.15, 0.2) is 72.8 Å². The molecule has 0 amide bonds. The highest BCUT2D eigenvalue weighted by Crippen LogP contribution is 2.34. The van der Waals surface area contributed by atoms with Crippen LogP contribution in [-0.4, -0.2) is 51.9 Å². The molecule has 9 nitrogen and oxygen atoms in total. The van der Waals surface area contributed by atoms with Crippen molar-refractivity contribution in [2.75, 3.05) is 19.8 Å². The number of aromatic carboxylic acids is 1. The van der Waals surface area contributed by atoms with Gasteiger partial charge in [0.15, 0.2) is 5.82 Å². The van der Waals surface area contributed by atoms with Crippen molar-refractivity contribution in [3.05, 3.63) is 101 Å². The number of benzene rings is 4. The minimum absolute atomic E-state index is 0.0544. The smallest absolute Gasteiger partial charge is 0.336 e. The van der Waals surface area contributed by atoms with Crippen LogP contribution in [0, 0.1) is 18.6 Å². The minimum atomic E-state index is -1.11. The summed E-state index contributed by atoms with van der Waals surface area (Å²) in [6, 6.07) is 19.9. The molecule has 0 saturated heterocycles. The Morgan fingerprint density at radius 2 is 1.51 bits per heavy atom. The van der Waals surface area contributed by atoms with Gasteiger partial charge in [0, 0.05) is 6.07 Å². The number of ether oxygens (including phenoxy) is 3. The topological polar surface area (TPSA) is 131 Å². The molecule has 4 aromatic carbocycles. The molecule has 3 N–H and O–H groups in total. The molecule has 0 aliphatic carbocycles. The Morgan fingerprint density at radius 3 is 2.19 bits per heavy atom. The number of aromatic amines is 1. The molecule has 0 saturated carbocycles. The van der Waals surface area contributed by atoms with E-state index >= 15 is 8.78 Å². The molecule has 1 aromatic heterocycles. The van der Waals surface area contributed by atoms with E-state index in [1.807, 2.05) is 24.3 Å². The summed E-state index contributed by atoms with van der Waals surface area (Å²) in [5.41, 5.74) is 3.32. The van der Waals surface area contributed by atoms with E-state index in [0.717, 1.165) is 22.8 Å². The first-order valence-corrected chi connectivity index (χ1v) is 13.2. The maximum atomic E-state index is 15.6. The molecule has 0 radical (unpaired) electrons. The Morgan fingerprint density at radius 1 is 0.860 bits per heavy atom. The van der Waals surface area contributed by atoms with Crippen LogP contribution in [-0.2, 0) is 20.9 Å². The summed E-state index contributed by atoms with van der Waals surface area (Å²) in [6.07, 6.45) is 0. The lowest BCUT2D eigenvalue weighted by molar-refractivity contribution is -0.142. The zero-order valence-electron chi connectivity index (χ0n) is 22.9. The fourth-order valence-corrected chi connectivity index (χ4v) is 4.47. The third kappa shape index (κ3) is 6.85. The lowest BCUT2D eigenvalue weighted by Gasteiger charge is -2.09. The van der Waals surface area contributed by atoms with Crippen LogP contribution in [0.2, 0.25) is 0 Å². The van der Waals surface area contributed by atoms with Crippen LogP contribution in [0.1, 0.15) is 21.5 Å². The Balaban J connectivity index is 1.29. The molecule has 1 heterocycles. The molecular formula is C32H26F2N2O7. The fraction of sp³-hybridized carbons (Fsp3) is 0.156. The van der Waals surface area contributed by atoms with E-state index in [9.17, 15) is 14.7 Å². The molecular weight excluding hydrogens is 562 g/mol. The van der Waals surface area contributed by atoms with Crippen LogP contribution >= 0.6 is 0 Å². The molecule has 5 rings (SSSR count). The van der Waals surface area contributed by atoms with E-state index in [1.54, 1.807) is 43.3 Å². The summed E-state index contributed by atoms with van der Waals surface area (Å²) < 4.78 is 46.7. The van der Waals surface area contributed by atoms with Gasteiger partial charge in [-0.1, -0.05) is 54.6 Å². The van der Waals surface area contributed by atoms with E-state index in [2.05, 4.69) is 9.97 Å². The number of fused-ring (bicyclic) bond motifs is 1. The number of imidazole rings is 1. The highest BCUT2D eigenvalue weighted by atomic mass is 19.1. The number of aryl methyl sites for hydroxylation is 1. The monoisotopic (exact) mass is 588 g/mol. The molecule has 0 spiro atoms. The molecule has 0 aliphatic rings. The fourth-order valence-electron chi connectivity index (χ4n) is 4.47. The highest BCUT2D eigenvalue weighted by molar-refractivity contribution is 5.90. The summed E-state index contributed by atoms with van der Waals surface area (Å²) in [5, 5.41) is 17.9. The molecule has 43 heavy (non-hydrogen) atoms. The summed E-state index contributed by atoms with van der Waals surface area (Å²) in [5.74, 6) is -3.61. The summed E-state index contributed by atoms with van der Waals surface area (Å²) in [4.78, 5) is 28.7. The van der Waals surface area contributed by atoms with Crippen molar-refractivity contribution in [1.82, 2.24) is 9.97 Å². The summed E-state index contributed by atoms with van der Waals surface area (Å²) in [7, 11) is 0. The number of halogens is 2. The SMILES string of the molecule is Cc1ccc(Oc2nc3c(F)c(-c4ccc(-c5ccc(COCCOCC(=O)O)cc5)cc4)c(F)cc3[nH]2)cc1C(=O)O. The number of nitrogens with zero attached hydrogens (tertiary/aromatic N) is 1. The largest absolute Gasteiger partial charge is 0.480 e. The number of carboxylic acid groups (broad SMARTS) is 2. The first-order chi connectivity index (χ1) is 20.7. The van der Waals surface area contributed by atoms with Crippen molar-refractivity contribution in [1.29, 1.82) is 0 Å². The minimum Gasteiger partial charge on any atom is -0.480 e. The summed E-state index contributed by atoms with van der Waals surface area (Å²) in [6.45, 7) is 2.08. The third-order valence-corrected chi connectivity index (χ3v) is 6.63. The van der Waals surface area contributed by atoms with Gasteiger partial charge in [0.2, 0.25) is 0 Å². The lowest BCUT2D eigenvalue weighted by Crippen LogP contribution is -2.11. The van der Waals surface area contributed by atoms with Gasteiger partial charge >= 0.3 is 11.9 Å². The van der Waals surface area contributed by atoms with E-state index in [4.69, 9.17) is 19.3 Å². The quantitative estimate of drug-likeness (QED) is 0.139. The van der Waals surface area contributed by atoms with Crippen LogP contribution < -0.4 is 4.74 Å². The maximum Gasteiger partial charge on any atom is 0.336 e. The van der Waals surface area contributed by atoms with Gasteiger partial charge in [-0.05, 0) is 46.9 Å². The van der Waals surface area contributed by atoms with Crippen LogP contribution in [0.4, 0.5) is 8.78 Å². The van der Waals surface area contributed by atoms with Gasteiger partial charge in [0.05, 0.1) is 36.5 Å². The number of aromatic nitrogens is 2. The van der Waals surface area contributed by atoms with Crippen molar-refractivity contribution in [3.8, 4) is 34.0 Å². The maximum absolute atomic E-state index is 15.6. The van der Waals surface area contributed by atoms with Crippen molar-refractivity contribution >= 4 is 23.0 Å². The number of aliphatic carboxylic acids is 1. The number of hydrogen-bond donors (Lipinski definition) is 3. The van der Waals surface area contributed by atoms with Gasteiger partial charge in [-0.25, -0.2) is 18.4 Å². The molecule has 0 bridgehead atoms. The number of nitrogens with one attached hydrogen (secondary N) is 1. The van der Waals surface area contributed by atoms with Crippen molar-refractivity contribution in [2.24, 2.45) is 0 Å². The zero-order chi connectivity index (χ0) is 30.5. The van der Waals surface area contributed by atoms with Gasteiger partial charge in [0.1, 0.15) is 23.7 Å². The number of hydrogen-bond acceptors (Lipinski definition) is 6. The molecule has 11 heteroatoms. The van der Waals surface area contributed by atoms with Gasteiger partial charge in [-0.2, -0.15) is 4.98 Å². The Labute approximate surface area is 244 Å². The van der Waals surface area contributed by atoms with E-state index in [1.165, 1.54) is 6.07 Å². The van der Waals surface area contributed by atoms with Crippen LogP contribution in [0.25, 0.3) is 33.3 Å². The Hall–Kier alpha value is -5.13. The van der Waals surface area contributed by atoms with Gasteiger partial charge in [-0.15, -0.1) is 0 Å². The standard InChI is InChI=1S/C32H26F2N2O7/c1-18-2-11-23(14-24(18)31(39)40)43-32-35-26-15-25(33)28(29(34)30(26)36-32)22-9-7-21(8-10-22)20-5-3-19(4-6-20)16-41-12-13-42-17-27(37)38/h2-11,14-15H,12-13,16-17H2,1H3,(H,35,36)(H,37,38)(H,39,40). The van der Waals surface area contributed by atoms with Crippen molar-refractivity contribution in [2.45, 2.75) is 13.5 Å². The predicted molar refractivity (Wildman–Crippen MR) is 153 cm³/mol. The Bertz CT molecular complexity index is 1790. The van der Waals surface area contributed by atoms with E-state index in [0.29, 0.717) is 17.7 Å². The number of rotatable bonds is 12. The number of carbonyl (C=O) groups is 2. The van der Waals surface area contributed by atoms with Gasteiger partial charge in [0.25, 0.3) is 6.01 Å². The number of carboxylic acids is 2. The molecule has 0 fully saturated rings. The second-order valence-corrected chi connectivity index (χ2v) is 9.64. The summed E-state index contributed by atoms with van der Waals surface area (Å²) >= 11 is 0. The van der Waals surface area contributed by atoms with Gasteiger partial charge < -0.3 is 29.4 Å². The van der Waals surface area contributed by atoms with E-state index in [-0.39, 0.29) is 53.7 Å². The molecule has 0 unspecified atom stereocenters. The average molecular weight is 589 g/mol.